The van der Waals surface area contributed by atoms with Gasteiger partial charge in [0, 0.05) is 28.6 Å². The van der Waals surface area contributed by atoms with Gasteiger partial charge in [-0.1, -0.05) is 0 Å². The van der Waals surface area contributed by atoms with Gasteiger partial charge < -0.3 is 4.98 Å². The molecule has 0 unspecified atom stereocenters. The van der Waals surface area contributed by atoms with E-state index >= 15 is 0 Å². The molecule has 0 saturated carbocycles. The Bertz CT molecular complexity index is 318. The van der Waals surface area contributed by atoms with Crippen LogP contribution < -0.4 is 11.2 Å². The van der Waals surface area contributed by atoms with Crippen molar-refractivity contribution in [1.29, 1.82) is 0 Å². The summed E-state index contributed by atoms with van der Waals surface area (Å²) in [6.45, 7) is 0. The van der Waals surface area contributed by atoms with Crippen molar-refractivity contribution >= 4 is 15.9 Å². The van der Waals surface area contributed by atoms with E-state index in [1.165, 1.54) is 6.20 Å². The molecule has 0 saturated heterocycles. The number of hydrogen-bond acceptors (Lipinski definition) is 2. The van der Waals surface area contributed by atoms with Crippen molar-refractivity contribution < 1.29 is 22.4 Å². The fraction of sp³-hybridized carbons (Fsp3) is 0. The summed E-state index contributed by atoms with van der Waals surface area (Å²) in [7, 11) is 0. The number of nitrogens with one attached hydrogen (secondary N) is 2. The summed E-state index contributed by atoms with van der Waals surface area (Å²) in [5.41, 5.74) is -0.915. The minimum Gasteiger partial charge on any atom is -0.313 e. The van der Waals surface area contributed by atoms with Crippen LogP contribution in [0.5, 0.6) is 0 Å². The maximum Gasteiger partial charge on any atom is 0.325 e. The van der Waals surface area contributed by atoms with Gasteiger partial charge in [0.15, 0.2) is 0 Å². The molecule has 0 amide bonds. The van der Waals surface area contributed by atoms with Crippen LogP contribution in [0.25, 0.3) is 0 Å². The Morgan fingerprint density at radius 3 is 2.40 bits per heavy atom. The van der Waals surface area contributed by atoms with E-state index in [2.05, 4.69) is 20.9 Å². The van der Waals surface area contributed by atoms with Gasteiger partial charge in [-0.25, -0.2) is 4.79 Å². The summed E-state index contributed by atoms with van der Waals surface area (Å²) in [5, 5.41) is 0. The molecule has 0 aromatic carbocycles. The molecule has 0 bridgehead atoms. The van der Waals surface area contributed by atoms with E-state index in [-0.39, 0.29) is 22.4 Å². The van der Waals surface area contributed by atoms with Gasteiger partial charge in [0.05, 0.1) is 4.47 Å². The van der Waals surface area contributed by atoms with Gasteiger partial charge >= 0.3 is 5.69 Å². The summed E-state index contributed by atoms with van der Waals surface area (Å²) >= 11 is 2.92. The van der Waals surface area contributed by atoms with Crippen LogP contribution in [0.3, 0.4) is 0 Å². The largest absolute Gasteiger partial charge is 0.325 e. The molecule has 1 radical (unpaired) electrons. The number of hydrogen-bond donors (Lipinski definition) is 2. The predicted octanol–water partition coefficient (Wildman–Crippen LogP) is -0.177. The van der Waals surface area contributed by atoms with Crippen LogP contribution in [0, 0.1) is 0 Å². The third-order valence-corrected chi connectivity index (χ3v) is 1.36. The molecule has 6 heteroatoms. The van der Waals surface area contributed by atoms with Gasteiger partial charge in [-0.05, 0) is 15.9 Å². The predicted molar refractivity (Wildman–Crippen MR) is 35.4 cm³/mol. The van der Waals surface area contributed by atoms with Gasteiger partial charge in [-0.3, -0.25) is 9.78 Å². The number of rotatable bonds is 0. The number of aromatic amines is 2. The van der Waals surface area contributed by atoms with Crippen LogP contribution >= 0.6 is 15.9 Å². The van der Waals surface area contributed by atoms with Crippen molar-refractivity contribution in [3.8, 4) is 0 Å². The molecule has 4 nitrogen and oxygen atoms in total. The first kappa shape index (κ1) is 9.90. The molecule has 1 aromatic heterocycles. The monoisotopic (exact) mass is 297 g/mol. The SMILES string of the molecule is O=c1[nH]cc(Br)c(=O)[nH]1.[Ag]. The van der Waals surface area contributed by atoms with E-state index < -0.39 is 11.2 Å². The first-order chi connectivity index (χ1) is 4.20. The molecule has 10 heavy (non-hydrogen) atoms. The minimum atomic E-state index is -0.497. The van der Waals surface area contributed by atoms with Crippen molar-refractivity contribution in [1.82, 2.24) is 9.97 Å². The second-order valence-corrected chi connectivity index (χ2v) is 2.27. The molecule has 1 rings (SSSR count). The van der Waals surface area contributed by atoms with Crippen LogP contribution in [0.15, 0.2) is 20.3 Å². The maximum atomic E-state index is 10.5. The molecular weight excluding hydrogens is 296 g/mol. The third kappa shape index (κ3) is 2.26. The van der Waals surface area contributed by atoms with Crippen LogP contribution in [-0.4, -0.2) is 9.97 Å². The van der Waals surface area contributed by atoms with Crippen LogP contribution in [0.2, 0.25) is 0 Å². The normalized spacial score (nSPS) is 8.50. The molecule has 59 valence electrons. The van der Waals surface area contributed by atoms with Crippen molar-refractivity contribution in [3.63, 3.8) is 0 Å². The number of H-pyrrole nitrogens is 2. The molecule has 0 fully saturated rings. The Hall–Kier alpha value is -0.0997. The first-order valence-corrected chi connectivity index (χ1v) is 2.97. The summed E-state index contributed by atoms with van der Waals surface area (Å²) in [6, 6.07) is 0. The topological polar surface area (TPSA) is 65.7 Å². The number of aromatic nitrogens is 2. The van der Waals surface area contributed by atoms with Crippen LogP contribution in [-0.2, 0) is 22.4 Å². The van der Waals surface area contributed by atoms with Gasteiger partial charge in [0.2, 0.25) is 0 Å². The van der Waals surface area contributed by atoms with Gasteiger partial charge in [0.25, 0.3) is 5.56 Å². The zero-order chi connectivity index (χ0) is 6.85. The molecule has 0 spiro atoms. The summed E-state index contributed by atoms with van der Waals surface area (Å²) < 4.78 is 0.321. The Kier molecular flexibility index (Phi) is 3.88. The molecule has 2 N–H and O–H groups in total. The Morgan fingerprint density at radius 2 is 2.00 bits per heavy atom. The van der Waals surface area contributed by atoms with Gasteiger partial charge in [0.1, 0.15) is 0 Å². The standard InChI is InChI=1S/C4H3BrN2O2.Ag/c5-2-1-6-4(9)7-3(2)8;/h1H,(H2,6,7,8,9);. The van der Waals surface area contributed by atoms with E-state index in [4.69, 9.17) is 0 Å². The van der Waals surface area contributed by atoms with Crippen molar-refractivity contribution in [3.05, 3.63) is 31.5 Å². The van der Waals surface area contributed by atoms with E-state index in [9.17, 15) is 9.59 Å². The smallest absolute Gasteiger partial charge is 0.313 e. The molecule has 1 aromatic rings. The van der Waals surface area contributed by atoms with Gasteiger partial charge in [-0.15, -0.1) is 0 Å². The van der Waals surface area contributed by atoms with E-state index in [0.717, 1.165) is 0 Å². The second-order valence-electron chi connectivity index (χ2n) is 1.42. The summed E-state index contributed by atoms with van der Waals surface area (Å²) in [6.07, 6.45) is 1.29. The van der Waals surface area contributed by atoms with Crippen LogP contribution in [0.4, 0.5) is 0 Å². The molecule has 1 heterocycles. The molecule has 0 aliphatic carbocycles. The molecule has 0 aliphatic heterocycles. The molecular formula is C4H3AgBrN2O2. The third-order valence-electron chi connectivity index (χ3n) is 0.774. The second kappa shape index (κ2) is 3.92. The van der Waals surface area contributed by atoms with E-state index in [0.29, 0.717) is 4.47 Å². The van der Waals surface area contributed by atoms with E-state index in [1.807, 2.05) is 4.98 Å². The number of halogens is 1. The molecule has 0 aliphatic rings. The Balaban J connectivity index is 0.000000810. The van der Waals surface area contributed by atoms with E-state index in [1.54, 1.807) is 0 Å². The van der Waals surface area contributed by atoms with Crippen molar-refractivity contribution in [2.24, 2.45) is 0 Å². The summed E-state index contributed by atoms with van der Waals surface area (Å²) in [4.78, 5) is 25.1. The fourth-order valence-corrected chi connectivity index (χ4v) is 0.607. The average Bonchev–Trinajstić information content (AvgIpc) is 1.80. The average molecular weight is 299 g/mol. The zero-order valence-corrected chi connectivity index (χ0v) is 7.64. The zero-order valence-electron chi connectivity index (χ0n) is 4.57. The van der Waals surface area contributed by atoms with Crippen LogP contribution in [0.1, 0.15) is 0 Å². The Labute approximate surface area is 79.7 Å². The summed E-state index contributed by atoms with van der Waals surface area (Å²) in [5.74, 6) is 0. The maximum absolute atomic E-state index is 10.5. The first-order valence-electron chi connectivity index (χ1n) is 2.17. The Morgan fingerprint density at radius 1 is 1.40 bits per heavy atom. The quantitative estimate of drug-likeness (QED) is 0.653. The minimum absolute atomic E-state index is 0. The van der Waals surface area contributed by atoms with Crippen molar-refractivity contribution in [2.75, 3.05) is 0 Å². The van der Waals surface area contributed by atoms with Crippen molar-refractivity contribution in [2.45, 2.75) is 0 Å². The fourth-order valence-electron chi connectivity index (χ4n) is 0.393. The van der Waals surface area contributed by atoms with Gasteiger partial charge in [-0.2, -0.15) is 0 Å². The molecule has 0 atom stereocenters.